The van der Waals surface area contributed by atoms with Gasteiger partial charge in [-0.2, -0.15) is 0 Å². The third-order valence-corrected chi connectivity index (χ3v) is 4.58. The van der Waals surface area contributed by atoms with Crippen LogP contribution in [0.5, 0.6) is 0 Å². The van der Waals surface area contributed by atoms with Crippen molar-refractivity contribution in [3.8, 4) is 0 Å². The van der Waals surface area contributed by atoms with Crippen LogP contribution in [0.15, 0.2) is 24.3 Å². The summed E-state index contributed by atoms with van der Waals surface area (Å²) in [5.41, 5.74) is 2.07. The summed E-state index contributed by atoms with van der Waals surface area (Å²) in [6.07, 6.45) is -0.108. The van der Waals surface area contributed by atoms with E-state index in [1.54, 1.807) is 12.1 Å². The van der Waals surface area contributed by atoms with E-state index in [-0.39, 0.29) is 48.5 Å². The second kappa shape index (κ2) is 11.8. The molecule has 153 valence electrons. The molecule has 2 unspecified atom stereocenters. The van der Waals surface area contributed by atoms with Crippen molar-refractivity contribution in [1.82, 2.24) is 15.6 Å². The Balaban J connectivity index is 0.00000676. The van der Waals surface area contributed by atoms with Gasteiger partial charge in [0.15, 0.2) is 0 Å². The van der Waals surface area contributed by atoms with Crippen molar-refractivity contribution in [3.63, 3.8) is 0 Å². The van der Waals surface area contributed by atoms with E-state index in [2.05, 4.69) is 10.6 Å². The molecule has 0 heterocycles. The summed E-state index contributed by atoms with van der Waals surface area (Å²) >= 11 is 0. The standard InChI is InChI=1S/C20H36N4O2.V/c1-7-16(23-19(26)18(22-6)20(3,4)5)17(25)13-24(21)12-15-10-8-14(2)9-11-15;/h8-11,16-18,22,25H,7,12-13,21H2,1-6H3,(H,23,26);/t16?,17-,18?;/m0./s1. The molecule has 0 saturated carbocycles. The largest absolute Gasteiger partial charge is 0.390 e. The number of aryl methyl sites for hydroxylation is 1. The summed E-state index contributed by atoms with van der Waals surface area (Å²) in [6, 6.07) is 7.47. The molecule has 1 aromatic carbocycles. The Hall–Kier alpha value is -0.886. The molecule has 0 fully saturated rings. The number of aliphatic hydroxyl groups excluding tert-OH is 1. The third kappa shape index (κ3) is 8.77. The SMILES string of the molecule is CCC(NC(=O)C(NC)C(C)(C)C)[C@@H](O)CN(N)Cc1ccc(C)cc1.[V]. The van der Waals surface area contributed by atoms with Gasteiger partial charge in [-0.3, -0.25) is 10.6 Å². The van der Waals surface area contributed by atoms with Gasteiger partial charge in [0, 0.05) is 31.6 Å². The minimum absolute atomic E-state index is 0. The van der Waals surface area contributed by atoms with Crippen LogP contribution in [-0.2, 0) is 29.9 Å². The van der Waals surface area contributed by atoms with E-state index in [1.165, 1.54) is 5.56 Å². The minimum Gasteiger partial charge on any atom is -0.390 e. The normalized spacial score (nSPS) is 15.0. The first kappa shape index (κ1) is 26.1. The number of amides is 1. The van der Waals surface area contributed by atoms with Gasteiger partial charge in [-0.05, 0) is 31.4 Å². The molecule has 6 nitrogen and oxygen atoms in total. The van der Waals surface area contributed by atoms with Crippen LogP contribution in [0.25, 0.3) is 0 Å². The summed E-state index contributed by atoms with van der Waals surface area (Å²) in [4.78, 5) is 12.6. The molecule has 0 aromatic heterocycles. The Morgan fingerprint density at radius 1 is 1.26 bits per heavy atom. The van der Waals surface area contributed by atoms with Gasteiger partial charge >= 0.3 is 0 Å². The van der Waals surface area contributed by atoms with Crippen molar-refractivity contribution >= 4 is 5.91 Å². The topological polar surface area (TPSA) is 90.6 Å². The molecule has 0 saturated heterocycles. The average molecular weight is 415 g/mol. The molecule has 1 rings (SSSR count). The molecule has 27 heavy (non-hydrogen) atoms. The number of nitrogens with two attached hydrogens (primary N) is 1. The van der Waals surface area contributed by atoms with Crippen molar-refractivity contribution in [2.45, 2.75) is 65.8 Å². The number of nitrogens with one attached hydrogen (secondary N) is 2. The number of aliphatic hydroxyl groups is 1. The van der Waals surface area contributed by atoms with Crippen LogP contribution in [0.4, 0.5) is 0 Å². The van der Waals surface area contributed by atoms with Crippen LogP contribution in [-0.4, -0.2) is 47.8 Å². The quantitative estimate of drug-likeness (QED) is 0.363. The van der Waals surface area contributed by atoms with Crippen LogP contribution in [0.1, 0.15) is 45.2 Å². The van der Waals surface area contributed by atoms with E-state index in [4.69, 9.17) is 5.84 Å². The van der Waals surface area contributed by atoms with Gasteiger partial charge in [-0.15, -0.1) is 0 Å². The Morgan fingerprint density at radius 3 is 2.26 bits per heavy atom. The van der Waals surface area contributed by atoms with E-state index in [0.29, 0.717) is 13.0 Å². The zero-order chi connectivity index (χ0) is 19.9. The molecular formula is C20H36N4O2V. The number of likely N-dealkylation sites (N-methyl/N-ethyl adjacent to an activating group) is 1. The number of rotatable bonds is 9. The zero-order valence-electron chi connectivity index (χ0n) is 17.5. The first-order valence-electron chi connectivity index (χ1n) is 9.29. The fourth-order valence-electron chi connectivity index (χ4n) is 3.05. The van der Waals surface area contributed by atoms with Gasteiger partial charge in [-0.25, -0.2) is 5.01 Å². The van der Waals surface area contributed by atoms with Crippen molar-refractivity contribution in [3.05, 3.63) is 35.4 Å². The van der Waals surface area contributed by atoms with Crippen molar-refractivity contribution in [2.75, 3.05) is 13.6 Å². The second-order valence-electron chi connectivity index (χ2n) is 8.09. The molecule has 0 spiro atoms. The van der Waals surface area contributed by atoms with E-state index in [0.717, 1.165) is 5.56 Å². The Morgan fingerprint density at radius 2 is 1.81 bits per heavy atom. The summed E-state index contributed by atoms with van der Waals surface area (Å²) < 4.78 is 0. The van der Waals surface area contributed by atoms with E-state index in [9.17, 15) is 9.90 Å². The maximum atomic E-state index is 12.6. The molecule has 1 aromatic rings. The first-order chi connectivity index (χ1) is 12.1. The number of nitrogens with zero attached hydrogens (tertiary/aromatic N) is 1. The van der Waals surface area contributed by atoms with Gasteiger partial charge in [0.05, 0.1) is 18.2 Å². The van der Waals surface area contributed by atoms with Crippen molar-refractivity contribution < 1.29 is 28.5 Å². The molecule has 1 radical (unpaired) electrons. The van der Waals surface area contributed by atoms with E-state index >= 15 is 0 Å². The Bertz CT molecular complexity index is 560. The maximum Gasteiger partial charge on any atom is 0.237 e. The number of carbonyl (C=O) groups is 1. The Kier molecular flexibility index (Phi) is 11.5. The van der Waals surface area contributed by atoms with Crippen LogP contribution in [0.2, 0.25) is 0 Å². The molecular weight excluding hydrogens is 379 g/mol. The van der Waals surface area contributed by atoms with Crippen LogP contribution in [0, 0.1) is 12.3 Å². The van der Waals surface area contributed by atoms with E-state index in [1.807, 2.05) is 58.9 Å². The predicted octanol–water partition coefficient (Wildman–Crippen LogP) is 1.56. The molecule has 1 amide bonds. The van der Waals surface area contributed by atoms with Crippen molar-refractivity contribution in [2.24, 2.45) is 11.3 Å². The molecule has 0 aliphatic carbocycles. The summed E-state index contributed by atoms with van der Waals surface area (Å²) in [7, 11) is 1.77. The average Bonchev–Trinajstić information content (AvgIpc) is 2.53. The van der Waals surface area contributed by atoms with E-state index < -0.39 is 6.10 Å². The van der Waals surface area contributed by atoms with Crippen LogP contribution in [0.3, 0.4) is 0 Å². The van der Waals surface area contributed by atoms with Gasteiger partial charge in [0.1, 0.15) is 0 Å². The molecule has 3 atom stereocenters. The summed E-state index contributed by atoms with van der Waals surface area (Å²) in [6.45, 7) is 10.8. The number of hydrogen-bond acceptors (Lipinski definition) is 5. The van der Waals surface area contributed by atoms with Gasteiger partial charge in [0.25, 0.3) is 0 Å². The fraction of sp³-hybridized carbons (Fsp3) is 0.650. The molecule has 5 N–H and O–H groups in total. The number of carbonyl (C=O) groups excluding carboxylic acids is 1. The smallest absolute Gasteiger partial charge is 0.237 e. The maximum absolute atomic E-state index is 12.6. The van der Waals surface area contributed by atoms with Crippen LogP contribution >= 0.6 is 0 Å². The number of hydrazine groups is 1. The zero-order valence-corrected chi connectivity index (χ0v) is 18.9. The fourth-order valence-corrected chi connectivity index (χ4v) is 3.05. The Labute approximate surface area is 176 Å². The first-order valence-corrected chi connectivity index (χ1v) is 9.29. The van der Waals surface area contributed by atoms with Gasteiger partial charge in [-0.1, -0.05) is 57.5 Å². The molecule has 7 heteroatoms. The third-order valence-electron chi connectivity index (χ3n) is 4.58. The number of hydrogen-bond donors (Lipinski definition) is 4. The van der Waals surface area contributed by atoms with Gasteiger partial charge in [0.2, 0.25) is 5.91 Å². The molecule has 0 aliphatic rings. The minimum atomic E-state index is -0.739. The van der Waals surface area contributed by atoms with Crippen molar-refractivity contribution in [1.29, 1.82) is 0 Å². The molecule has 0 bridgehead atoms. The van der Waals surface area contributed by atoms with Gasteiger partial charge < -0.3 is 15.7 Å². The monoisotopic (exact) mass is 415 g/mol. The predicted molar refractivity (Wildman–Crippen MR) is 106 cm³/mol. The molecule has 0 aliphatic heterocycles. The number of benzene rings is 1. The second-order valence-corrected chi connectivity index (χ2v) is 8.09. The van der Waals surface area contributed by atoms with Crippen LogP contribution < -0.4 is 16.5 Å². The summed E-state index contributed by atoms with van der Waals surface area (Å²) in [5.74, 6) is 5.97. The summed E-state index contributed by atoms with van der Waals surface area (Å²) in [5, 5.41) is 18.2.